The number of carbonyl (C=O) groups excluding carboxylic acids is 2. The van der Waals surface area contributed by atoms with Gasteiger partial charge < -0.3 is 0 Å². The summed E-state index contributed by atoms with van der Waals surface area (Å²) in [6.45, 7) is 0. The molecule has 0 bridgehead atoms. The van der Waals surface area contributed by atoms with Crippen LogP contribution in [-0.2, 0) is 0 Å². The van der Waals surface area contributed by atoms with E-state index < -0.39 is 0 Å². The lowest BCUT2D eigenvalue weighted by atomic mass is 10.1. The summed E-state index contributed by atoms with van der Waals surface area (Å²) < 4.78 is 0. The van der Waals surface area contributed by atoms with Gasteiger partial charge in [-0.25, -0.2) is 0 Å². The first-order valence-electron chi connectivity index (χ1n) is 5.64. The van der Waals surface area contributed by atoms with Gasteiger partial charge in [0.2, 0.25) is 0 Å². The van der Waals surface area contributed by atoms with Gasteiger partial charge in [-0.3, -0.25) is 9.59 Å². The Morgan fingerprint density at radius 3 is 1.28 bits per heavy atom. The molecule has 0 aliphatic rings. The van der Waals surface area contributed by atoms with Crippen molar-refractivity contribution < 1.29 is 9.59 Å². The molecule has 0 fully saturated rings. The molecule has 2 aromatic carbocycles. The van der Waals surface area contributed by atoms with Crippen LogP contribution in [0.4, 0.5) is 0 Å². The Morgan fingerprint density at radius 1 is 0.611 bits per heavy atom. The summed E-state index contributed by atoms with van der Waals surface area (Å²) in [6.07, 6.45) is 2.62. The van der Waals surface area contributed by atoms with Crippen LogP contribution in [0.5, 0.6) is 0 Å². The van der Waals surface area contributed by atoms with Gasteiger partial charge in [-0.15, -0.1) is 0 Å². The second kappa shape index (κ2) is 5.73. The summed E-state index contributed by atoms with van der Waals surface area (Å²) in [7, 11) is 0. The van der Waals surface area contributed by atoms with E-state index in [0.29, 0.717) is 11.1 Å². The summed E-state index contributed by atoms with van der Waals surface area (Å²) in [5.74, 6) is -0.334. The first-order valence-corrected chi connectivity index (χ1v) is 5.64. The van der Waals surface area contributed by atoms with E-state index in [1.54, 1.807) is 48.5 Å². The van der Waals surface area contributed by atoms with E-state index >= 15 is 0 Å². The maximum absolute atomic E-state index is 11.7. The van der Waals surface area contributed by atoms with Crippen molar-refractivity contribution in [3.8, 4) is 0 Å². The molecule has 0 radical (unpaired) electrons. The van der Waals surface area contributed by atoms with E-state index in [2.05, 4.69) is 0 Å². The molecular weight excluding hydrogens is 224 g/mol. The lowest BCUT2D eigenvalue weighted by molar-refractivity contribution is 0.102. The highest BCUT2D eigenvalue weighted by atomic mass is 16.1. The summed E-state index contributed by atoms with van der Waals surface area (Å²) >= 11 is 0. The third-order valence-electron chi connectivity index (χ3n) is 2.50. The van der Waals surface area contributed by atoms with Crippen molar-refractivity contribution in [1.29, 1.82) is 0 Å². The van der Waals surface area contributed by atoms with Gasteiger partial charge in [0.1, 0.15) is 0 Å². The van der Waals surface area contributed by atoms with Gasteiger partial charge in [0.15, 0.2) is 11.6 Å². The summed E-state index contributed by atoms with van der Waals surface area (Å²) in [4.78, 5) is 23.5. The van der Waals surface area contributed by atoms with E-state index in [1.165, 1.54) is 12.2 Å². The van der Waals surface area contributed by atoms with E-state index in [4.69, 9.17) is 0 Å². The minimum Gasteiger partial charge on any atom is -0.289 e. The first-order chi connectivity index (χ1) is 8.77. The molecule has 0 unspecified atom stereocenters. The third-order valence-corrected chi connectivity index (χ3v) is 2.50. The predicted octanol–water partition coefficient (Wildman–Crippen LogP) is 3.31. The molecule has 0 amide bonds. The Morgan fingerprint density at radius 2 is 0.944 bits per heavy atom. The summed E-state index contributed by atoms with van der Waals surface area (Å²) in [5, 5.41) is 0. The number of allylic oxidation sites excluding steroid dienone is 2. The fraction of sp³-hybridized carbons (Fsp3) is 0. The zero-order valence-corrected chi connectivity index (χ0v) is 9.74. The number of hydrogen-bond donors (Lipinski definition) is 0. The molecule has 0 heterocycles. The molecule has 2 aromatic rings. The Balaban J connectivity index is 2.08. The molecule has 0 spiro atoms. The van der Waals surface area contributed by atoms with Gasteiger partial charge in [0, 0.05) is 11.1 Å². The lowest BCUT2D eigenvalue weighted by Crippen LogP contribution is -1.97. The largest absolute Gasteiger partial charge is 0.289 e. The van der Waals surface area contributed by atoms with Crippen LogP contribution >= 0.6 is 0 Å². The topological polar surface area (TPSA) is 34.1 Å². The normalized spacial score (nSPS) is 10.4. The molecule has 0 saturated heterocycles. The van der Waals surface area contributed by atoms with Crippen molar-refractivity contribution in [3.05, 3.63) is 83.9 Å². The molecule has 2 nitrogen and oxygen atoms in total. The van der Waals surface area contributed by atoms with Gasteiger partial charge in [-0.05, 0) is 12.2 Å². The summed E-state index contributed by atoms with van der Waals surface area (Å²) in [6, 6.07) is 17.7. The maximum Gasteiger partial charge on any atom is 0.185 e. The molecule has 0 N–H and O–H groups in total. The zero-order chi connectivity index (χ0) is 12.8. The quantitative estimate of drug-likeness (QED) is 0.603. The van der Waals surface area contributed by atoms with Crippen LogP contribution in [0.15, 0.2) is 72.8 Å². The minimum atomic E-state index is -0.167. The molecule has 0 aliphatic carbocycles. The monoisotopic (exact) mass is 236 g/mol. The maximum atomic E-state index is 11.7. The van der Waals surface area contributed by atoms with Gasteiger partial charge in [-0.1, -0.05) is 60.7 Å². The molecule has 0 saturated carbocycles. The number of carbonyl (C=O) groups is 2. The van der Waals surface area contributed by atoms with Crippen molar-refractivity contribution in [3.63, 3.8) is 0 Å². The van der Waals surface area contributed by atoms with Gasteiger partial charge in [-0.2, -0.15) is 0 Å². The third kappa shape index (κ3) is 3.01. The van der Waals surface area contributed by atoms with Crippen LogP contribution in [0.2, 0.25) is 0 Å². The van der Waals surface area contributed by atoms with Crippen LogP contribution in [0.1, 0.15) is 20.7 Å². The molecule has 2 rings (SSSR count). The van der Waals surface area contributed by atoms with Crippen molar-refractivity contribution in [2.75, 3.05) is 0 Å². The molecule has 0 aromatic heterocycles. The van der Waals surface area contributed by atoms with E-state index in [9.17, 15) is 9.59 Å². The smallest absolute Gasteiger partial charge is 0.185 e. The Bertz CT molecular complexity index is 515. The highest BCUT2D eigenvalue weighted by Gasteiger charge is 2.03. The Labute approximate surface area is 106 Å². The van der Waals surface area contributed by atoms with Gasteiger partial charge in [0.05, 0.1) is 0 Å². The molecule has 2 heteroatoms. The van der Waals surface area contributed by atoms with Crippen LogP contribution < -0.4 is 0 Å². The number of rotatable bonds is 4. The highest BCUT2D eigenvalue weighted by Crippen LogP contribution is 2.04. The average molecular weight is 236 g/mol. The van der Waals surface area contributed by atoms with Crippen LogP contribution in [0, 0.1) is 0 Å². The second-order valence-electron chi connectivity index (χ2n) is 3.79. The Hall–Kier alpha value is -2.48. The SMILES string of the molecule is O=C(/C=C/C(=O)c1ccccc1)c1ccccc1. The first kappa shape index (κ1) is 12.0. The molecule has 0 atom stereocenters. The van der Waals surface area contributed by atoms with Crippen LogP contribution in [0.25, 0.3) is 0 Å². The minimum absolute atomic E-state index is 0.167. The van der Waals surface area contributed by atoms with Crippen molar-refractivity contribution in [2.24, 2.45) is 0 Å². The van der Waals surface area contributed by atoms with E-state index in [0.717, 1.165) is 0 Å². The summed E-state index contributed by atoms with van der Waals surface area (Å²) in [5.41, 5.74) is 1.16. The number of ketones is 2. The molecule has 18 heavy (non-hydrogen) atoms. The van der Waals surface area contributed by atoms with E-state index in [1.807, 2.05) is 12.1 Å². The fourth-order valence-electron chi connectivity index (χ4n) is 1.55. The fourth-order valence-corrected chi connectivity index (χ4v) is 1.55. The zero-order valence-electron chi connectivity index (χ0n) is 9.74. The second-order valence-corrected chi connectivity index (χ2v) is 3.79. The van der Waals surface area contributed by atoms with Crippen LogP contribution in [0.3, 0.4) is 0 Å². The standard InChI is InChI=1S/C16H12O2/c17-15(13-7-3-1-4-8-13)11-12-16(18)14-9-5-2-6-10-14/h1-12H/b12-11+. The predicted molar refractivity (Wildman–Crippen MR) is 70.7 cm³/mol. The van der Waals surface area contributed by atoms with Crippen LogP contribution in [-0.4, -0.2) is 11.6 Å². The molecule has 0 aliphatic heterocycles. The van der Waals surface area contributed by atoms with Gasteiger partial charge >= 0.3 is 0 Å². The number of hydrogen-bond acceptors (Lipinski definition) is 2. The van der Waals surface area contributed by atoms with Crippen molar-refractivity contribution >= 4 is 11.6 Å². The average Bonchev–Trinajstić information content (AvgIpc) is 2.46. The number of benzene rings is 2. The van der Waals surface area contributed by atoms with Crippen molar-refractivity contribution in [1.82, 2.24) is 0 Å². The molecular formula is C16H12O2. The lowest BCUT2D eigenvalue weighted by Gasteiger charge is -1.95. The molecule has 88 valence electrons. The van der Waals surface area contributed by atoms with Gasteiger partial charge in [0.25, 0.3) is 0 Å². The van der Waals surface area contributed by atoms with Crippen molar-refractivity contribution in [2.45, 2.75) is 0 Å². The highest BCUT2D eigenvalue weighted by molar-refractivity contribution is 6.11. The Kier molecular flexibility index (Phi) is 3.82. The van der Waals surface area contributed by atoms with E-state index in [-0.39, 0.29) is 11.6 Å².